The number of halogens is 1. The van der Waals surface area contributed by atoms with Gasteiger partial charge in [-0.05, 0) is 42.0 Å². The fourth-order valence-electron chi connectivity index (χ4n) is 2.82. The van der Waals surface area contributed by atoms with E-state index < -0.39 is 0 Å². The Morgan fingerprint density at radius 2 is 1.95 bits per heavy atom. The van der Waals surface area contributed by atoms with Crippen molar-refractivity contribution in [2.45, 2.75) is 25.4 Å². The molecule has 1 saturated carbocycles. The van der Waals surface area contributed by atoms with Gasteiger partial charge in [0.2, 0.25) is 0 Å². The van der Waals surface area contributed by atoms with Gasteiger partial charge >= 0.3 is 0 Å². The van der Waals surface area contributed by atoms with Gasteiger partial charge in [0.05, 0.1) is 22.5 Å². The first kappa shape index (κ1) is 12.9. The standard InChI is InChI=1S/C17H14FNOS/c18-12-5-3-10(4-6-12)15-13(9-20)16(11-1-2-11)19-14-7-8-21-17(14)15/h3-8,11,20H,1-2,9H2. The first-order valence-corrected chi connectivity index (χ1v) is 7.92. The molecule has 4 heteroatoms. The lowest BCUT2D eigenvalue weighted by molar-refractivity contribution is 0.280. The van der Waals surface area contributed by atoms with Gasteiger partial charge in [0.1, 0.15) is 5.82 Å². The third-order valence-electron chi connectivity index (χ3n) is 3.98. The summed E-state index contributed by atoms with van der Waals surface area (Å²) in [4.78, 5) is 4.75. The van der Waals surface area contributed by atoms with Crippen LogP contribution >= 0.6 is 11.3 Å². The molecular formula is C17H14FNOS. The van der Waals surface area contributed by atoms with E-state index in [4.69, 9.17) is 4.98 Å². The lowest BCUT2D eigenvalue weighted by Crippen LogP contribution is -2.00. The van der Waals surface area contributed by atoms with Gasteiger partial charge in [-0.15, -0.1) is 11.3 Å². The number of hydrogen-bond donors (Lipinski definition) is 1. The number of aliphatic hydroxyl groups is 1. The second-order valence-electron chi connectivity index (χ2n) is 5.42. The number of fused-ring (bicyclic) bond motifs is 1. The molecule has 0 spiro atoms. The average molecular weight is 299 g/mol. The number of rotatable bonds is 3. The predicted molar refractivity (Wildman–Crippen MR) is 82.9 cm³/mol. The average Bonchev–Trinajstić information content (AvgIpc) is 3.24. The molecule has 3 aromatic rings. The second kappa shape index (κ2) is 4.90. The van der Waals surface area contributed by atoms with Crippen LogP contribution < -0.4 is 0 Å². The van der Waals surface area contributed by atoms with E-state index in [1.54, 1.807) is 23.5 Å². The third-order valence-corrected chi connectivity index (χ3v) is 4.90. The fraction of sp³-hybridized carbons (Fsp3) is 0.235. The number of aromatic nitrogens is 1. The number of aliphatic hydroxyl groups excluding tert-OH is 1. The quantitative estimate of drug-likeness (QED) is 0.774. The highest BCUT2D eigenvalue weighted by Gasteiger charge is 2.30. The van der Waals surface area contributed by atoms with Gasteiger partial charge < -0.3 is 5.11 Å². The summed E-state index contributed by atoms with van der Waals surface area (Å²) in [5.74, 6) is 0.221. The van der Waals surface area contributed by atoms with Gasteiger partial charge in [0.15, 0.2) is 0 Å². The van der Waals surface area contributed by atoms with Crippen molar-refractivity contribution in [2.75, 3.05) is 0 Å². The Morgan fingerprint density at radius 1 is 1.19 bits per heavy atom. The van der Waals surface area contributed by atoms with Gasteiger partial charge in [-0.2, -0.15) is 0 Å². The molecule has 0 atom stereocenters. The van der Waals surface area contributed by atoms with Gasteiger partial charge in [0, 0.05) is 17.0 Å². The first-order valence-electron chi connectivity index (χ1n) is 7.04. The summed E-state index contributed by atoms with van der Waals surface area (Å²) in [5, 5.41) is 11.9. The smallest absolute Gasteiger partial charge is 0.123 e. The number of pyridine rings is 1. The molecule has 0 saturated heterocycles. The Morgan fingerprint density at radius 3 is 2.62 bits per heavy atom. The monoisotopic (exact) mass is 299 g/mol. The van der Waals surface area contributed by atoms with E-state index in [9.17, 15) is 9.50 Å². The molecule has 2 heterocycles. The highest BCUT2D eigenvalue weighted by Crippen LogP contribution is 2.45. The van der Waals surface area contributed by atoms with Crippen LogP contribution in [0.25, 0.3) is 21.3 Å². The van der Waals surface area contributed by atoms with Gasteiger partial charge in [-0.25, -0.2) is 4.39 Å². The molecule has 1 N–H and O–H groups in total. The van der Waals surface area contributed by atoms with Crippen LogP contribution in [0, 0.1) is 5.82 Å². The van der Waals surface area contributed by atoms with Crippen LogP contribution in [-0.4, -0.2) is 10.1 Å². The Balaban J connectivity index is 2.04. The van der Waals surface area contributed by atoms with Crippen molar-refractivity contribution in [3.63, 3.8) is 0 Å². The van der Waals surface area contributed by atoms with E-state index in [1.807, 2.05) is 11.4 Å². The summed E-state index contributed by atoms with van der Waals surface area (Å²) in [6, 6.07) is 8.50. The van der Waals surface area contributed by atoms with E-state index in [2.05, 4.69) is 0 Å². The van der Waals surface area contributed by atoms with Gasteiger partial charge in [-0.3, -0.25) is 4.98 Å². The number of nitrogens with zero attached hydrogens (tertiary/aromatic N) is 1. The molecular weight excluding hydrogens is 285 g/mol. The number of thiophene rings is 1. The zero-order valence-electron chi connectivity index (χ0n) is 11.3. The van der Waals surface area contributed by atoms with Crippen molar-refractivity contribution in [1.82, 2.24) is 4.98 Å². The Labute approximate surface area is 125 Å². The highest BCUT2D eigenvalue weighted by atomic mass is 32.1. The van der Waals surface area contributed by atoms with Crippen LogP contribution in [0.3, 0.4) is 0 Å². The molecule has 21 heavy (non-hydrogen) atoms. The molecule has 0 amide bonds. The molecule has 4 rings (SSSR count). The normalized spacial score (nSPS) is 14.8. The molecule has 0 bridgehead atoms. The predicted octanol–water partition coefficient (Wildman–Crippen LogP) is 4.47. The Hall–Kier alpha value is -1.78. The van der Waals surface area contributed by atoms with Crippen molar-refractivity contribution in [3.05, 3.63) is 52.8 Å². The summed E-state index contributed by atoms with van der Waals surface area (Å²) in [7, 11) is 0. The third kappa shape index (κ3) is 2.15. The minimum atomic E-state index is -0.247. The van der Waals surface area contributed by atoms with E-state index in [1.165, 1.54) is 12.1 Å². The lowest BCUT2D eigenvalue weighted by atomic mass is 9.97. The van der Waals surface area contributed by atoms with Crippen molar-refractivity contribution < 1.29 is 9.50 Å². The van der Waals surface area contributed by atoms with Crippen molar-refractivity contribution >= 4 is 21.6 Å². The summed E-state index contributed by atoms with van der Waals surface area (Å²) in [6.45, 7) is -0.0284. The second-order valence-corrected chi connectivity index (χ2v) is 6.34. The minimum Gasteiger partial charge on any atom is -0.392 e. The largest absolute Gasteiger partial charge is 0.392 e. The molecule has 1 aliphatic carbocycles. The van der Waals surface area contributed by atoms with Crippen molar-refractivity contribution in [3.8, 4) is 11.1 Å². The first-order chi connectivity index (χ1) is 10.3. The van der Waals surface area contributed by atoms with E-state index in [-0.39, 0.29) is 12.4 Å². The summed E-state index contributed by atoms with van der Waals surface area (Å²) in [5.41, 5.74) is 4.84. The number of hydrogen-bond acceptors (Lipinski definition) is 3. The van der Waals surface area contributed by atoms with E-state index >= 15 is 0 Å². The molecule has 1 aliphatic rings. The maximum absolute atomic E-state index is 13.2. The summed E-state index contributed by atoms with van der Waals surface area (Å²) in [6.07, 6.45) is 2.27. The zero-order chi connectivity index (χ0) is 14.4. The molecule has 0 radical (unpaired) electrons. The molecule has 0 aliphatic heterocycles. The zero-order valence-corrected chi connectivity index (χ0v) is 12.2. The fourth-order valence-corrected chi connectivity index (χ4v) is 3.74. The van der Waals surface area contributed by atoms with Crippen molar-refractivity contribution in [2.24, 2.45) is 0 Å². The van der Waals surface area contributed by atoms with Crippen LogP contribution in [0.5, 0.6) is 0 Å². The molecule has 0 unspecified atom stereocenters. The van der Waals surface area contributed by atoms with Crippen LogP contribution in [0.1, 0.15) is 30.0 Å². The van der Waals surface area contributed by atoms with E-state index in [0.717, 1.165) is 45.4 Å². The number of benzene rings is 1. The molecule has 1 aromatic carbocycles. The van der Waals surface area contributed by atoms with Crippen molar-refractivity contribution in [1.29, 1.82) is 0 Å². The van der Waals surface area contributed by atoms with Crippen LogP contribution in [0.4, 0.5) is 4.39 Å². The molecule has 106 valence electrons. The van der Waals surface area contributed by atoms with Gasteiger partial charge in [0.25, 0.3) is 0 Å². The van der Waals surface area contributed by atoms with Crippen LogP contribution in [-0.2, 0) is 6.61 Å². The van der Waals surface area contributed by atoms with Crippen LogP contribution in [0.15, 0.2) is 35.7 Å². The maximum Gasteiger partial charge on any atom is 0.123 e. The Bertz CT molecular complexity index is 806. The lowest BCUT2D eigenvalue weighted by Gasteiger charge is -2.14. The topological polar surface area (TPSA) is 33.1 Å². The molecule has 2 aromatic heterocycles. The molecule has 2 nitrogen and oxygen atoms in total. The molecule has 1 fully saturated rings. The van der Waals surface area contributed by atoms with E-state index in [0.29, 0.717) is 5.92 Å². The summed E-state index contributed by atoms with van der Waals surface area (Å²) < 4.78 is 14.3. The SMILES string of the molecule is OCc1c(C2CC2)nc2ccsc2c1-c1ccc(F)cc1. The highest BCUT2D eigenvalue weighted by molar-refractivity contribution is 7.17. The van der Waals surface area contributed by atoms with Crippen LogP contribution in [0.2, 0.25) is 0 Å². The minimum absolute atomic E-state index is 0.0284. The summed E-state index contributed by atoms with van der Waals surface area (Å²) >= 11 is 1.62. The Kier molecular flexibility index (Phi) is 3.01. The van der Waals surface area contributed by atoms with Gasteiger partial charge in [-0.1, -0.05) is 12.1 Å². The maximum atomic E-state index is 13.2.